The van der Waals surface area contributed by atoms with Gasteiger partial charge in [-0.3, -0.25) is 14.5 Å². The minimum atomic E-state index is -3.51. The Kier molecular flexibility index (Phi) is 6.62. The van der Waals surface area contributed by atoms with Crippen molar-refractivity contribution in [2.75, 3.05) is 6.29 Å². The first-order chi connectivity index (χ1) is 17.4. The van der Waals surface area contributed by atoms with E-state index >= 15 is 0 Å². The molecule has 1 aliphatic heterocycles. The maximum absolute atomic E-state index is 14.8. The van der Waals surface area contributed by atoms with E-state index in [-0.39, 0.29) is 12.7 Å². The summed E-state index contributed by atoms with van der Waals surface area (Å²) in [4.78, 5) is 28.2. The molecule has 0 bridgehead atoms. The standard InChI is InChI=1S/C29H25NO4P2/c31-28-21-27(36(34,25-17-9-3-10-18-25)26-19-11-4-12-20-26)29(32)30(28)22-35(33,23-13-5-1-6-14-23)24-15-7-2-8-16-24/h1-20,27H,21-22H2. The molecule has 1 aliphatic rings. The maximum Gasteiger partial charge on any atom is 0.241 e. The Morgan fingerprint density at radius 3 is 1.33 bits per heavy atom. The minimum absolute atomic E-state index is 0.191. The van der Waals surface area contributed by atoms with Gasteiger partial charge in [0.15, 0.2) is 14.3 Å². The van der Waals surface area contributed by atoms with Gasteiger partial charge in [-0.2, -0.15) is 0 Å². The summed E-state index contributed by atoms with van der Waals surface area (Å²) in [5.74, 6) is -0.993. The topological polar surface area (TPSA) is 71.5 Å². The minimum Gasteiger partial charge on any atom is -0.313 e. The Hall–Kier alpha value is -3.52. The van der Waals surface area contributed by atoms with Crippen molar-refractivity contribution >= 4 is 47.3 Å². The van der Waals surface area contributed by atoms with Crippen LogP contribution >= 0.6 is 14.3 Å². The van der Waals surface area contributed by atoms with Gasteiger partial charge >= 0.3 is 0 Å². The van der Waals surface area contributed by atoms with E-state index in [9.17, 15) is 18.7 Å². The molecule has 7 heteroatoms. The van der Waals surface area contributed by atoms with Crippen LogP contribution in [-0.4, -0.2) is 28.7 Å². The van der Waals surface area contributed by atoms with E-state index in [1.165, 1.54) is 0 Å². The molecule has 4 aromatic rings. The summed E-state index contributed by atoms with van der Waals surface area (Å²) in [5.41, 5.74) is -1.05. The quantitative estimate of drug-likeness (QED) is 0.276. The molecule has 0 N–H and O–H groups in total. The van der Waals surface area contributed by atoms with Gasteiger partial charge in [0.25, 0.3) is 0 Å². The lowest BCUT2D eigenvalue weighted by Gasteiger charge is -2.26. The van der Waals surface area contributed by atoms with Gasteiger partial charge in [0.2, 0.25) is 11.8 Å². The normalized spacial score (nSPS) is 16.3. The van der Waals surface area contributed by atoms with Crippen LogP contribution in [0.1, 0.15) is 6.42 Å². The molecule has 4 aromatic carbocycles. The average molecular weight is 513 g/mol. The number of benzene rings is 4. The first-order valence-corrected chi connectivity index (χ1v) is 15.4. The number of imide groups is 1. The number of hydrogen-bond acceptors (Lipinski definition) is 4. The number of rotatable bonds is 7. The van der Waals surface area contributed by atoms with E-state index in [1.807, 2.05) is 24.3 Å². The van der Waals surface area contributed by atoms with Gasteiger partial charge in [-0.25, -0.2) is 0 Å². The molecule has 0 aliphatic carbocycles. The highest BCUT2D eigenvalue weighted by molar-refractivity contribution is 7.80. The Balaban J connectivity index is 1.57. The predicted molar refractivity (Wildman–Crippen MR) is 145 cm³/mol. The third-order valence-corrected chi connectivity index (χ3v) is 13.0. The molecule has 1 heterocycles. The summed E-state index contributed by atoms with van der Waals surface area (Å²) in [6.07, 6.45) is -0.456. The summed E-state index contributed by atoms with van der Waals surface area (Å²) in [7, 11) is -6.89. The summed E-state index contributed by atoms with van der Waals surface area (Å²) >= 11 is 0. The van der Waals surface area contributed by atoms with Crippen molar-refractivity contribution < 1.29 is 18.7 Å². The molecule has 0 aromatic heterocycles. The molecule has 0 saturated carbocycles. The Labute approximate surface area is 210 Å². The summed E-state index contributed by atoms with van der Waals surface area (Å²) in [5, 5.41) is 2.18. The lowest BCUT2D eigenvalue weighted by Crippen LogP contribution is -2.38. The molecule has 5 nitrogen and oxygen atoms in total. The molecule has 36 heavy (non-hydrogen) atoms. The second kappa shape index (κ2) is 9.85. The van der Waals surface area contributed by atoms with Crippen molar-refractivity contribution in [1.29, 1.82) is 0 Å². The first-order valence-electron chi connectivity index (χ1n) is 11.7. The third-order valence-electron chi connectivity index (χ3n) is 6.63. The maximum atomic E-state index is 14.8. The number of likely N-dealkylation sites (tertiary alicyclic amines) is 1. The van der Waals surface area contributed by atoms with Crippen LogP contribution in [0.25, 0.3) is 0 Å². The van der Waals surface area contributed by atoms with Crippen LogP contribution in [0.5, 0.6) is 0 Å². The summed E-state index contributed by atoms with van der Waals surface area (Å²) in [6, 6.07) is 35.6. The van der Waals surface area contributed by atoms with Crippen LogP contribution in [-0.2, 0) is 18.7 Å². The van der Waals surface area contributed by atoms with Gasteiger partial charge in [-0.15, -0.1) is 0 Å². The monoisotopic (exact) mass is 513 g/mol. The van der Waals surface area contributed by atoms with Gasteiger partial charge in [-0.05, 0) is 0 Å². The molecule has 180 valence electrons. The third kappa shape index (κ3) is 4.19. The van der Waals surface area contributed by atoms with Gasteiger partial charge < -0.3 is 9.13 Å². The highest BCUT2D eigenvalue weighted by atomic mass is 31.2. The van der Waals surface area contributed by atoms with Gasteiger partial charge in [-0.1, -0.05) is 121 Å². The summed E-state index contributed by atoms with van der Waals surface area (Å²) < 4.78 is 29.3. The summed E-state index contributed by atoms with van der Waals surface area (Å²) in [6.45, 7) is 0. The van der Waals surface area contributed by atoms with E-state index < -0.39 is 31.8 Å². The lowest BCUT2D eigenvalue weighted by atomic mass is 10.3. The Bertz CT molecular complexity index is 1390. The van der Waals surface area contributed by atoms with E-state index in [4.69, 9.17) is 0 Å². The molecule has 0 radical (unpaired) electrons. The highest BCUT2D eigenvalue weighted by Crippen LogP contribution is 2.54. The largest absolute Gasteiger partial charge is 0.313 e. The fraction of sp³-hybridized carbons (Fsp3) is 0.103. The van der Waals surface area contributed by atoms with Crippen molar-refractivity contribution in [2.45, 2.75) is 12.1 Å². The molecule has 1 unspecified atom stereocenters. The van der Waals surface area contributed by atoms with Crippen LogP contribution in [0, 0.1) is 0 Å². The van der Waals surface area contributed by atoms with Crippen molar-refractivity contribution in [3.05, 3.63) is 121 Å². The second-order valence-electron chi connectivity index (χ2n) is 8.76. The number of hydrogen-bond donors (Lipinski definition) is 0. The average Bonchev–Trinajstić information content (AvgIpc) is 3.23. The zero-order valence-electron chi connectivity index (χ0n) is 19.5. The Morgan fingerprint density at radius 1 is 0.583 bits per heavy atom. The van der Waals surface area contributed by atoms with Crippen LogP contribution < -0.4 is 21.2 Å². The van der Waals surface area contributed by atoms with E-state index in [0.717, 1.165) is 4.90 Å². The van der Waals surface area contributed by atoms with Gasteiger partial charge in [0.1, 0.15) is 5.66 Å². The van der Waals surface area contributed by atoms with Gasteiger partial charge in [0, 0.05) is 27.6 Å². The SMILES string of the molecule is O=C1CC(P(=O)(c2ccccc2)c2ccccc2)C(=O)N1CP(=O)(c1ccccc1)c1ccccc1. The van der Waals surface area contributed by atoms with Crippen molar-refractivity contribution in [3.8, 4) is 0 Å². The number of nitrogens with zero attached hydrogens (tertiary/aromatic N) is 1. The van der Waals surface area contributed by atoms with Crippen molar-refractivity contribution in [2.24, 2.45) is 0 Å². The molecule has 1 saturated heterocycles. The molecule has 1 fully saturated rings. The van der Waals surface area contributed by atoms with Crippen LogP contribution in [0.2, 0.25) is 0 Å². The number of amides is 2. The van der Waals surface area contributed by atoms with Crippen LogP contribution in [0.4, 0.5) is 0 Å². The van der Waals surface area contributed by atoms with E-state index in [2.05, 4.69) is 0 Å². The zero-order chi connectivity index (χ0) is 25.2. The first kappa shape index (κ1) is 24.2. The molecular formula is C29H25NO4P2. The van der Waals surface area contributed by atoms with Crippen LogP contribution in [0.15, 0.2) is 121 Å². The lowest BCUT2D eigenvalue weighted by molar-refractivity contribution is -0.137. The van der Waals surface area contributed by atoms with Crippen molar-refractivity contribution in [3.63, 3.8) is 0 Å². The Morgan fingerprint density at radius 2 is 0.944 bits per heavy atom. The molecule has 1 atom stereocenters. The molecule has 0 spiro atoms. The fourth-order valence-electron chi connectivity index (χ4n) is 4.76. The second-order valence-corrected chi connectivity index (χ2v) is 14.5. The smallest absolute Gasteiger partial charge is 0.241 e. The van der Waals surface area contributed by atoms with Crippen LogP contribution in [0.3, 0.4) is 0 Å². The van der Waals surface area contributed by atoms with E-state index in [1.54, 1.807) is 97.1 Å². The van der Waals surface area contributed by atoms with Crippen molar-refractivity contribution in [1.82, 2.24) is 4.90 Å². The van der Waals surface area contributed by atoms with Gasteiger partial charge in [0.05, 0.1) is 6.29 Å². The zero-order valence-corrected chi connectivity index (χ0v) is 21.3. The number of carbonyl (C=O) groups is 2. The number of carbonyl (C=O) groups excluding carboxylic acids is 2. The highest BCUT2D eigenvalue weighted by Gasteiger charge is 2.52. The predicted octanol–water partition coefficient (Wildman–Crippen LogP) is 4.10. The van der Waals surface area contributed by atoms with E-state index in [0.29, 0.717) is 21.2 Å². The fourth-order valence-corrected chi connectivity index (χ4v) is 10.5. The molecule has 5 rings (SSSR count). The molecule has 2 amide bonds. The molecular weight excluding hydrogens is 488 g/mol.